The van der Waals surface area contributed by atoms with Crippen molar-refractivity contribution in [3.05, 3.63) is 71.1 Å². The SMILES string of the molecule is COCc1nc(-c2ccc(CN3CCN(C(=O)Cc4ccccc4C)CC3)cc2)no1. The fourth-order valence-corrected chi connectivity index (χ4v) is 3.81. The molecule has 31 heavy (non-hydrogen) atoms. The van der Waals surface area contributed by atoms with Crippen LogP contribution in [0.2, 0.25) is 0 Å². The number of aromatic nitrogens is 2. The number of nitrogens with zero attached hydrogens (tertiary/aromatic N) is 4. The van der Waals surface area contributed by atoms with Crippen LogP contribution in [-0.4, -0.2) is 59.1 Å². The van der Waals surface area contributed by atoms with Crippen molar-refractivity contribution in [2.75, 3.05) is 33.3 Å². The van der Waals surface area contributed by atoms with Crippen LogP contribution in [0.1, 0.15) is 22.6 Å². The van der Waals surface area contributed by atoms with Crippen LogP contribution in [0, 0.1) is 6.92 Å². The van der Waals surface area contributed by atoms with Gasteiger partial charge in [0.15, 0.2) is 0 Å². The fraction of sp³-hybridized carbons (Fsp3) is 0.375. The predicted octanol–water partition coefficient (Wildman–Crippen LogP) is 3.08. The molecular formula is C24H28N4O3. The molecular weight excluding hydrogens is 392 g/mol. The molecule has 4 rings (SSSR count). The molecule has 0 saturated carbocycles. The molecule has 1 aromatic heterocycles. The number of carbonyl (C=O) groups excluding carboxylic acids is 1. The number of ether oxygens (including phenoxy) is 1. The van der Waals surface area contributed by atoms with Crippen LogP contribution >= 0.6 is 0 Å². The Kier molecular flexibility index (Phi) is 6.74. The van der Waals surface area contributed by atoms with E-state index in [1.54, 1.807) is 7.11 Å². The van der Waals surface area contributed by atoms with Crippen LogP contribution in [0.5, 0.6) is 0 Å². The molecule has 7 nitrogen and oxygen atoms in total. The van der Waals surface area contributed by atoms with E-state index in [4.69, 9.17) is 9.26 Å². The highest BCUT2D eigenvalue weighted by molar-refractivity contribution is 5.79. The Morgan fingerprint density at radius 3 is 2.52 bits per heavy atom. The van der Waals surface area contributed by atoms with E-state index in [1.807, 2.05) is 35.2 Å². The van der Waals surface area contributed by atoms with Gasteiger partial charge in [0, 0.05) is 45.4 Å². The first-order valence-corrected chi connectivity index (χ1v) is 10.6. The van der Waals surface area contributed by atoms with Gasteiger partial charge < -0.3 is 14.2 Å². The normalized spacial score (nSPS) is 14.7. The molecule has 0 radical (unpaired) electrons. The van der Waals surface area contributed by atoms with Crippen molar-refractivity contribution < 1.29 is 14.1 Å². The lowest BCUT2D eigenvalue weighted by Crippen LogP contribution is -2.48. The van der Waals surface area contributed by atoms with Crippen LogP contribution in [0.4, 0.5) is 0 Å². The monoisotopic (exact) mass is 420 g/mol. The van der Waals surface area contributed by atoms with E-state index in [9.17, 15) is 4.79 Å². The van der Waals surface area contributed by atoms with Gasteiger partial charge in [0.2, 0.25) is 11.7 Å². The van der Waals surface area contributed by atoms with E-state index in [0.29, 0.717) is 24.7 Å². The molecule has 3 aromatic rings. The second kappa shape index (κ2) is 9.85. The first-order valence-electron chi connectivity index (χ1n) is 10.6. The third kappa shape index (κ3) is 5.37. The largest absolute Gasteiger partial charge is 0.375 e. The molecule has 1 saturated heterocycles. The van der Waals surface area contributed by atoms with Crippen LogP contribution < -0.4 is 0 Å². The molecule has 162 valence electrons. The number of benzene rings is 2. The number of rotatable bonds is 7. The maximum absolute atomic E-state index is 12.7. The van der Waals surface area contributed by atoms with E-state index in [-0.39, 0.29) is 5.91 Å². The lowest BCUT2D eigenvalue weighted by atomic mass is 10.1. The van der Waals surface area contributed by atoms with E-state index < -0.39 is 0 Å². The van der Waals surface area contributed by atoms with Gasteiger partial charge in [-0.3, -0.25) is 9.69 Å². The summed E-state index contributed by atoms with van der Waals surface area (Å²) in [6, 6.07) is 16.3. The van der Waals surface area contributed by atoms with Crippen molar-refractivity contribution in [1.82, 2.24) is 19.9 Å². The van der Waals surface area contributed by atoms with Gasteiger partial charge in [-0.05, 0) is 23.6 Å². The maximum Gasteiger partial charge on any atom is 0.252 e. The summed E-state index contributed by atoms with van der Waals surface area (Å²) in [7, 11) is 1.60. The van der Waals surface area contributed by atoms with Crippen LogP contribution in [0.15, 0.2) is 53.1 Å². The van der Waals surface area contributed by atoms with E-state index in [0.717, 1.165) is 43.9 Å². The number of hydrogen-bond acceptors (Lipinski definition) is 6. The summed E-state index contributed by atoms with van der Waals surface area (Å²) in [5, 5.41) is 4.00. The Morgan fingerprint density at radius 1 is 1.06 bits per heavy atom. The summed E-state index contributed by atoms with van der Waals surface area (Å²) in [4.78, 5) is 21.4. The Hall–Kier alpha value is -3.03. The van der Waals surface area contributed by atoms with Crippen molar-refractivity contribution >= 4 is 5.91 Å². The fourth-order valence-electron chi connectivity index (χ4n) is 3.81. The van der Waals surface area contributed by atoms with Gasteiger partial charge in [-0.2, -0.15) is 4.98 Å². The van der Waals surface area contributed by atoms with E-state index in [1.165, 1.54) is 11.1 Å². The zero-order valence-corrected chi connectivity index (χ0v) is 18.1. The Labute approximate surface area is 182 Å². The molecule has 2 heterocycles. The van der Waals surface area contributed by atoms with Gasteiger partial charge in [0.25, 0.3) is 5.89 Å². The van der Waals surface area contributed by atoms with Crippen molar-refractivity contribution in [1.29, 1.82) is 0 Å². The summed E-state index contributed by atoms with van der Waals surface area (Å²) < 4.78 is 10.2. The molecule has 0 bridgehead atoms. The summed E-state index contributed by atoms with van der Waals surface area (Å²) in [5.41, 5.74) is 4.44. The van der Waals surface area contributed by atoms with Crippen molar-refractivity contribution in [2.45, 2.75) is 26.5 Å². The lowest BCUT2D eigenvalue weighted by Gasteiger charge is -2.35. The zero-order valence-electron chi connectivity index (χ0n) is 18.1. The first-order chi connectivity index (χ1) is 15.1. The minimum atomic E-state index is 0.214. The average Bonchev–Trinajstić information content (AvgIpc) is 3.25. The standard InChI is InChI=1S/C24H28N4O3/c1-18-5-3-4-6-21(18)15-23(29)28-13-11-27(12-14-28)16-19-7-9-20(10-8-19)24-25-22(17-30-2)31-26-24/h3-10H,11-17H2,1-2H3. The molecule has 2 aromatic carbocycles. The topological polar surface area (TPSA) is 71.7 Å². The number of amides is 1. The third-order valence-electron chi connectivity index (χ3n) is 5.68. The smallest absolute Gasteiger partial charge is 0.252 e. The second-order valence-corrected chi connectivity index (χ2v) is 7.90. The van der Waals surface area contributed by atoms with Crippen LogP contribution in [-0.2, 0) is 29.1 Å². The summed E-state index contributed by atoms with van der Waals surface area (Å²) in [6.45, 7) is 6.54. The number of piperazine rings is 1. The molecule has 1 amide bonds. The van der Waals surface area contributed by atoms with Crippen molar-refractivity contribution in [3.8, 4) is 11.4 Å². The van der Waals surface area contributed by atoms with E-state index >= 15 is 0 Å². The van der Waals surface area contributed by atoms with Gasteiger partial charge in [-0.15, -0.1) is 0 Å². The van der Waals surface area contributed by atoms with Gasteiger partial charge >= 0.3 is 0 Å². The van der Waals surface area contributed by atoms with Crippen molar-refractivity contribution in [2.24, 2.45) is 0 Å². The second-order valence-electron chi connectivity index (χ2n) is 7.90. The van der Waals surface area contributed by atoms with Crippen LogP contribution in [0.3, 0.4) is 0 Å². The molecule has 0 N–H and O–H groups in total. The molecule has 1 fully saturated rings. The number of carbonyl (C=O) groups is 1. The average molecular weight is 421 g/mol. The number of methoxy groups -OCH3 is 1. The van der Waals surface area contributed by atoms with Gasteiger partial charge in [-0.25, -0.2) is 0 Å². The molecule has 1 aliphatic heterocycles. The van der Waals surface area contributed by atoms with Crippen LogP contribution in [0.25, 0.3) is 11.4 Å². The van der Waals surface area contributed by atoms with Gasteiger partial charge in [0.05, 0.1) is 6.42 Å². The lowest BCUT2D eigenvalue weighted by molar-refractivity contribution is -0.132. The molecule has 7 heteroatoms. The molecule has 0 unspecified atom stereocenters. The number of hydrogen-bond donors (Lipinski definition) is 0. The Bertz CT molecular complexity index is 1010. The van der Waals surface area contributed by atoms with Crippen molar-refractivity contribution in [3.63, 3.8) is 0 Å². The highest BCUT2D eigenvalue weighted by Gasteiger charge is 2.21. The predicted molar refractivity (Wildman–Crippen MR) is 117 cm³/mol. The minimum absolute atomic E-state index is 0.214. The third-order valence-corrected chi connectivity index (χ3v) is 5.68. The highest BCUT2D eigenvalue weighted by Crippen LogP contribution is 2.18. The quantitative estimate of drug-likeness (QED) is 0.585. The summed E-state index contributed by atoms with van der Waals surface area (Å²) in [6.07, 6.45) is 0.482. The Morgan fingerprint density at radius 2 is 1.81 bits per heavy atom. The molecule has 0 aliphatic carbocycles. The summed E-state index contributed by atoms with van der Waals surface area (Å²) in [5.74, 6) is 1.25. The first kappa shape index (κ1) is 21.2. The maximum atomic E-state index is 12.7. The number of aryl methyl sites for hydroxylation is 1. The van der Waals surface area contributed by atoms with Gasteiger partial charge in [-0.1, -0.05) is 53.7 Å². The Balaban J connectivity index is 1.27. The zero-order chi connectivity index (χ0) is 21.6. The highest BCUT2D eigenvalue weighted by atomic mass is 16.5. The van der Waals surface area contributed by atoms with Gasteiger partial charge in [0.1, 0.15) is 6.61 Å². The summed E-state index contributed by atoms with van der Waals surface area (Å²) >= 11 is 0. The van der Waals surface area contributed by atoms with E-state index in [2.05, 4.69) is 40.2 Å². The molecule has 0 spiro atoms. The molecule has 1 aliphatic rings. The minimum Gasteiger partial charge on any atom is -0.375 e. The molecule has 0 atom stereocenters.